The Balaban J connectivity index is 2.38. The van der Waals surface area contributed by atoms with Crippen molar-refractivity contribution in [1.29, 1.82) is 0 Å². The average molecular weight is 92.1 g/mol. The third kappa shape index (κ3) is 0.302. The SMILES string of the molecule is C1=CC2=NN2C=C1. The molecular formula is C5H4N2. The summed E-state index contributed by atoms with van der Waals surface area (Å²) in [4.78, 5) is 0. The Kier molecular flexibility index (Phi) is 0.336. The molecule has 0 radical (unpaired) electrons. The molecule has 0 spiro atoms. The molecule has 0 aromatic heterocycles. The van der Waals surface area contributed by atoms with Crippen LogP contribution in [0.5, 0.6) is 0 Å². The molecule has 0 aromatic carbocycles. The minimum absolute atomic E-state index is 1.07. The zero-order valence-electron chi connectivity index (χ0n) is 3.70. The van der Waals surface area contributed by atoms with E-state index >= 15 is 0 Å². The third-order valence-electron chi connectivity index (χ3n) is 0.989. The van der Waals surface area contributed by atoms with Crippen LogP contribution in [0.3, 0.4) is 0 Å². The van der Waals surface area contributed by atoms with Gasteiger partial charge in [0.1, 0.15) is 0 Å². The van der Waals surface area contributed by atoms with E-state index in [1.807, 2.05) is 29.4 Å². The number of amidine groups is 1. The Morgan fingerprint density at radius 1 is 1.43 bits per heavy atom. The van der Waals surface area contributed by atoms with Crippen LogP contribution in [0.2, 0.25) is 0 Å². The molecule has 0 aromatic rings. The first kappa shape index (κ1) is 3.02. The van der Waals surface area contributed by atoms with Gasteiger partial charge >= 0.3 is 0 Å². The van der Waals surface area contributed by atoms with E-state index in [1.54, 1.807) is 0 Å². The Morgan fingerprint density at radius 2 is 2.43 bits per heavy atom. The Bertz CT molecular complexity index is 177. The summed E-state index contributed by atoms with van der Waals surface area (Å²) in [6, 6.07) is 0. The van der Waals surface area contributed by atoms with Gasteiger partial charge in [-0.05, 0) is 12.2 Å². The normalized spacial score (nSPS) is 21.7. The molecule has 0 bridgehead atoms. The smallest absolute Gasteiger partial charge is 0.174 e. The molecular weight excluding hydrogens is 88.1 g/mol. The predicted molar refractivity (Wildman–Crippen MR) is 27.6 cm³/mol. The predicted octanol–water partition coefficient (Wildman–Crippen LogP) is 0.699. The molecule has 7 heavy (non-hydrogen) atoms. The molecule has 2 heterocycles. The second-order valence-electron chi connectivity index (χ2n) is 1.50. The molecule has 0 amide bonds. The van der Waals surface area contributed by atoms with Crippen molar-refractivity contribution in [2.24, 2.45) is 5.10 Å². The van der Waals surface area contributed by atoms with E-state index in [0.717, 1.165) is 5.84 Å². The molecule has 0 saturated heterocycles. The first-order chi connectivity index (χ1) is 3.47. The summed E-state index contributed by atoms with van der Waals surface area (Å²) >= 11 is 0. The fourth-order valence-electron chi connectivity index (χ4n) is 0.580. The number of fused-ring (bicyclic) bond motifs is 1. The third-order valence-corrected chi connectivity index (χ3v) is 0.989. The topological polar surface area (TPSA) is 15.4 Å². The van der Waals surface area contributed by atoms with Crippen molar-refractivity contribution in [1.82, 2.24) is 5.01 Å². The molecule has 0 fully saturated rings. The summed E-state index contributed by atoms with van der Waals surface area (Å²) in [6.07, 6.45) is 7.83. The molecule has 2 rings (SSSR count). The van der Waals surface area contributed by atoms with Crippen LogP contribution in [0.25, 0.3) is 0 Å². The van der Waals surface area contributed by atoms with Crippen LogP contribution >= 0.6 is 0 Å². The highest BCUT2D eigenvalue weighted by molar-refractivity contribution is 6.02. The molecule has 2 nitrogen and oxygen atoms in total. The number of nitrogens with zero attached hydrogens (tertiary/aromatic N) is 2. The minimum Gasteiger partial charge on any atom is -0.219 e. The zero-order chi connectivity index (χ0) is 4.69. The minimum atomic E-state index is 1.07. The number of allylic oxidation sites excluding steroid dienone is 2. The summed E-state index contributed by atoms with van der Waals surface area (Å²) in [5.74, 6) is 1.07. The number of hydrazone groups is 1. The van der Waals surface area contributed by atoms with Gasteiger partial charge in [0.15, 0.2) is 5.84 Å². The van der Waals surface area contributed by atoms with E-state index in [0.29, 0.717) is 0 Å². The number of rotatable bonds is 0. The van der Waals surface area contributed by atoms with Gasteiger partial charge in [0, 0.05) is 6.20 Å². The van der Waals surface area contributed by atoms with Gasteiger partial charge < -0.3 is 0 Å². The van der Waals surface area contributed by atoms with Gasteiger partial charge in [-0.15, -0.1) is 5.10 Å². The van der Waals surface area contributed by atoms with Gasteiger partial charge in [-0.2, -0.15) is 0 Å². The summed E-state index contributed by atoms with van der Waals surface area (Å²) in [7, 11) is 0. The van der Waals surface area contributed by atoms with Crippen LogP contribution in [-0.4, -0.2) is 10.8 Å². The molecule has 0 aliphatic carbocycles. The standard InChI is InChI=1S/C5H4N2/c1-2-4-7-5(3-1)6-7/h1-4H. The summed E-state index contributed by atoms with van der Waals surface area (Å²) < 4.78 is 0. The van der Waals surface area contributed by atoms with Crippen molar-refractivity contribution in [3.63, 3.8) is 0 Å². The lowest BCUT2D eigenvalue weighted by Gasteiger charge is -1.89. The Morgan fingerprint density at radius 3 is 3.00 bits per heavy atom. The average Bonchev–Trinajstić information content (AvgIpc) is 2.41. The van der Waals surface area contributed by atoms with Crippen molar-refractivity contribution in [3.8, 4) is 0 Å². The molecule has 34 valence electrons. The molecule has 0 N–H and O–H groups in total. The fraction of sp³-hybridized carbons (Fsp3) is 0. The van der Waals surface area contributed by atoms with E-state index in [1.165, 1.54) is 0 Å². The molecule has 0 atom stereocenters. The number of hydrogen-bond donors (Lipinski definition) is 0. The quantitative estimate of drug-likeness (QED) is 0.429. The van der Waals surface area contributed by atoms with Crippen LogP contribution in [0, 0.1) is 0 Å². The van der Waals surface area contributed by atoms with Crippen LogP contribution in [0.15, 0.2) is 29.5 Å². The van der Waals surface area contributed by atoms with Crippen LogP contribution in [-0.2, 0) is 0 Å². The first-order valence-electron chi connectivity index (χ1n) is 2.19. The van der Waals surface area contributed by atoms with Gasteiger partial charge in [-0.3, -0.25) is 0 Å². The first-order valence-corrected chi connectivity index (χ1v) is 2.19. The van der Waals surface area contributed by atoms with Crippen molar-refractivity contribution < 1.29 is 0 Å². The highest BCUT2D eigenvalue weighted by Gasteiger charge is 2.18. The van der Waals surface area contributed by atoms with Gasteiger partial charge in [-0.1, -0.05) is 6.08 Å². The maximum Gasteiger partial charge on any atom is 0.174 e. The van der Waals surface area contributed by atoms with Gasteiger partial charge in [0.05, 0.1) is 0 Å². The van der Waals surface area contributed by atoms with E-state index in [9.17, 15) is 0 Å². The Hall–Kier alpha value is -1.05. The number of hydrogen-bond acceptors (Lipinski definition) is 2. The zero-order valence-corrected chi connectivity index (χ0v) is 3.70. The van der Waals surface area contributed by atoms with E-state index in [2.05, 4.69) is 5.10 Å². The van der Waals surface area contributed by atoms with Gasteiger partial charge in [-0.25, -0.2) is 5.01 Å². The highest BCUT2D eigenvalue weighted by atomic mass is 15.6. The molecule has 2 aliphatic heterocycles. The van der Waals surface area contributed by atoms with Crippen molar-refractivity contribution in [3.05, 3.63) is 24.4 Å². The van der Waals surface area contributed by atoms with E-state index in [-0.39, 0.29) is 0 Å². The van der Waals surface area contributed by atoms with Crippen LogP contribution in [0.1, 0.15) is 0 Å². The maximum atomic E-state index is 3.93. The summed E-state index contributed by atoms with van der Waals surface area (Å²) in [6.45, 7) is 0. The van der Waals surface area contributed by atoms with Crippen LogP contribution in [0.4, 0.5) is 0 Å². The van der Waals surface area contributed by atoms with Crippen LogP contribution < -0.4 is 0 Å². The van der Waals surface area contributed by atoms with E-state index in [4.69, 9.17) is 0 Å². The molecule has 0 unspecified atom stereocenters. The molecule has 2 aliphatic rings. The molecule has 2 heteroatoms. The van der Waals surface area contributed by atoms with Crippen molar-refractivity contribution in [2.75, 3.05) is 0 Å². The van der Waals surface area contributed by atoms with Gasteiger partial charge in [0.25, 0.3) is 0 Å². The monoisotopic (exact) mass is 92.0 g/mol. The van der Waals surface area contributed by atoms with Gasteiger partial charge in [0.2, 0.25) is 0 Å². The lowest BCUT2D eigenvalue weighted by molar-refractivity contribution is 0.753. The second-order valence-corrected chi connectivity index (χ2v) is 1.50. The summed E-state index contributed by atoms with van der Waals surface area (Å²) in [5.41, 5.74) is 0. The Labute approximate surface area is 41.4 Å². The maximum absolute atomic E-state index is 3.93. The second kappa shape index (κ2) is 0.780. The highest BCUT2D eigenvalue weighted by Crippen LogP contribution is 2.14. The van der Waals surface area contributed by atoms with E-state index < -0.39 is 0 Å². The molecule has 0 saturated carbocycles. The fourth-order valence-corrected chi connectivity index (χ4v) is 0.580. The van der Waals surface area contributed by atoms with Crippen molar-refractivity contribution in [2.45, 2.75) is 0 Å². The van der Waals surface area contributed by atoms with Crippen molar-refractivity contribution >= 4 is 5.84 Å². The summed E-state index contributed by atoms with van der Waals surface area (Å²) in [5, 5.41) is 5.76. The lowest BCUT2D eigenvalue weighted by atomic mass is 10.4. The lowest BCUT2D eigenvalue weighted by Crippen LogP contribution is -1.94. The largest absolute Gasteiger partial charge is 0.219 e.